The number of nitrogens with zero attached hydrogens (tertiary/aromatic N) is 3. The molecule has 0 N–H and O–H groups in total. The molecule has 2 aromatic carbocycles. The number of benzene rings is 2. The lowest BCUT2D eigenvalue weighted by molar-refractivity contribution is 0.343. The first-order valence-corrected chi connectivity index (χ1v) is 12.8. The number of sulfonamides is 1. The van der Waals surface area contributed by atoms with Crippen LogP contribution in [0.25, 0.3) is 11.5 Å². The fraction of sp³-hybridized carbons (Fsp3) is 0.333. The van der Waals surface area contributed by atoms with Crippen molar-refractivity contribution in [3.8, 4) is 17.2 Å². The Balaban J connectivity index is 1.38. The molecule has 0 aliphatic carbocycles. The summed E-state index contributed by atoms with van der Waals surface area (Å²) < 4.78 is 38.7. The molecule has 3 aromatic rings. The average molecular weight is 480 g/mol. The van der Waals surface area contributed by atoms with Gasteiger partial charge in [0.25, 0.3) is 5.22 Å². The Labute approximate surface area is 190 Å². The lowest BCUT2D eigenvalue weighted by Gasteiger charge is -2.25. The van der Waals surface area contributed by atoms with E-state index in [4.69, 9.17) is 20.8 Å². The van der Waals surface area contributed by atoms with Crippen LogP contribution in [0.5, 0.6) is 5.75 Å². The van der Waals surface area contributed by atoms with Gasteiger partial charge in [0.2, 0.25) is 15.9 Å². The number of thioether (sulfide) groups is 1. The molecule has 1 saturated heterocycles. The van der Waals surface area contributed by atoms with Crippen LogP contribution in [0, 0.1) is 0 Å². The Hall–Kier alpha value is -2.07. The number of ether oxygens (including phenoxy) is 1. The number of hydrogen-bond donors (Lipinski definition) is 0. The van der Waals surface area contributed by atoms with Crippen molar-refractivity contribution in [1.82, 2.24) is 14.5 Å². The maximum absolute atomic E-state index is 12.9. The third-order valence-corrected chi connectivity index (χ3v) is 7.83. The maximum atomic E-state index is 12.9. The van der Waals surface area contributed by atoms with Crippen LogP contribution in [0.15, 0.2) is 63.1 Å². The van der Waals surface area contributed by atoms with Crippen LogP contribution in [0.1, 0.15) is 19.3 Å². The number of aromatic nitrogens is 2. The van der Waals surface area contributed by atoms with E-state index in [1.807, 2.05) is 18.2 Å². The molecular formula is C21H22ClN3O4S2. The second-order valence-electron chi connectivity index (χ2n) is 6.99. The first-order chi connectivity index (χ1) is 15.0. The quantitative estimate of drug-likeness (QED) is 0.341. The fourth-order valence-electron chi connectivity index (χ4n) is 3.27. The number of halogens is 1. The molecular weight excluding hydrogens is 458 g/mol. The third-order valence-electron chi connectivity index (χ3n) is 4.84. The van der Waals surface area contributed by atoms with Crippen LogP contribution in [0.3, 0.4) is 0 Å². The summed E-state index contributed by atoms with van der Waals surface area (Å²) >= 11 is 7.43. The minimum atomic E-state index is -3.52. The van der Waals surface area contributed by atoms with E-state index in [0.29, 0.717) is 47.0 Å². The van der Waals surface area contributed by atoms with Crippen LogP contribution in [-0.2, 0) is 10.0 Å². The van der Waals surface area contributed by atoms with Crippen LogP contribution in [0.2, 0.25) is 5.02 Å². The maximum Gasteiger partial charge on any atom is 0.276 e. The molecule has 0 amide bonds. The number of para-hydroxylation sites is 1. The number of hydrogen-bond acceptors (Lipinski definition) is 7. The van der Waals surface area contributed by atoms with Gasteiger partial charge in [-0.05, 0) is 43.2 Å². The van der Waals surface area contributed by atoms with E-state index in [1.54, 1.807) is 34.6 Å². The van der Waals surface area contributed by atoms with Crippen molar-refractivity contribution in [3.63, 3.8) is 0 Å². The van der Waals surface area contributed by atoms with Gasteiger partial charge in [0.05, 0.1) is 16.5 Å². The van der Waals surface area contributed by atoms with Gasteiger partial charge < -0.3 is 9.15 Å². The Morgan fingerprint density at radius 3 is 2.68 bits per heavy atom. The summed E-state index contributed by atoms with van der Waals surface area (Å²) in [5.41, 5.74) is 0.574. The summed E-state index contributed by atoms with van der Waals surface area (Å²) in [4.78, 5) is 0.243. The van der Waals surface area contributed by atoms with Gasteiger partial charge in [0, 0.05) is 24.4 Å². The summed E-state index contributed by atoms with van der Waals surface area (Å²) in [5, 5.41) is 9.06. The van der Waals surface area contributed by atoms with Gasteiger partial charge in [-0.15, -0.1) is 10.2 Å². The topological polar surface area (TPSA) is 85.5 Å². The van der Waals surface area contributed by atoms with Crippen LogP contribution >= 0.6 is 23.4 Å². The van der Waals surface area contributed by atoms with Gasteiger partial charge in [-0.1, -0.05) is 48.0 Å². The summed E-state index contributed by atoms with van der Waals surface area (Å²) in [6.07, 6.45) is 2.85. The van der Waals surface area contributed by atoms with E-state index in [2.05, 4.69) is 10.2 Å². The second-order valence-corrected chi connectivity index (χ2v) is 10.4. The molecule has 2 heterocycles. The molecule has 1 fully saturated rings. The molecule has 1 aromatic heterocycles. The Morgan fingerprint density at radius 2 is 1.87 bits per heavy atom. The first kappa shape index (κ1) is 22.1. The highest BCUT2D eigenvalue weighted by molar-refractivity contribution is 7.99. The molecule has 0 radical (unpaired) electrons. The molecule has 0 unspecified atom stereocenters. The smallest absolute Gasteiger partial charge is 0.276 e. The summed E-state index contributed by atoms with van der Waals surface area (Å²) in [7, 11) is -3.52. The van der Waals surface area contributed by atoms with Crippen molar-refractivity contribution in [3.05, 3.63) is 53.6 Å². The highest BCUT2D eigenvalue weighted by Crippen LogP contribution is 2.28. The standard InChI is InChI=1S/C21H22ClN3O4S2/c22-18-9-2-3-10-19(18)28-13-14-30-21-24-23-20(29-21)16-7-6-8-17(15-16)31(26,27)25-11-4-1-5-12-25/h2-3,6-10,15H,1,4-5,11-14H2. The highest BCUT2D eigenvalue weighted by Gasteiger charge is 2.26. The first-order valence-electron chi connectivity index (χ1n) is 9.98. The van der Waals surface area contributed by atoms with Crippen molar-refractivity contribution >= 4 is 33.4 Å². The molecule has 1 aliphatic rings. The van der Waals surface area contributed by atoms with Crippen LogP contribution in [-0.4, -0.2) is 48.4 Å². The molecule has 1 aliphatic heterocycles. The van der Waals surface area contributed by atoms with Crippen molar-refractivity contribution in [2.24, 2.45) is 0 Å². The fourth-order valence-corrected chi connectivity index (χ4v) is 5.60. The monoisotopic (exact) mass is 479 g/mol. The van der Waals surface area contributed by atoms with E-state index >= 15 is 0 Å². The van der Waals surface area contributed by atoms with Gasteiger partial charge in [-0.3, -0.25) is 0 Å². The SMILES string of the molecule is O=S(=O)(c1cccc(-c2nnc(SCCOc3ccccc3Cl)o2)c1)N1CCCCC1. The van der Waals surface area contributed by atoms with Crippen molar-refractivity contribution in [1.29, 1.82) is 0 Å². The molecule has 0 atom stereocenters. The van der Waals surface area contributed by atoms with Gasteiger partial charge in [0.15, 0.2) is 0 Å². The molecule has 4 rings (SSSR count). The van der Waals surface area contributed by atoms with Gasteiger partial charge in [-0.2, -0.15) is 4.31 Å². The minimum absolute atomic E-state index is 0.243. The Kier molecular flexibility index (Phi) is 7.16. The predicted molar refractivity (Wildman–Crippen MR) is 120 cm³/mol. The Morgan fingerprint density at radius 1 is 1.06 bits per heavy atom. The molecule has 31 heavy (non-hydrogen) atoms. The highest BCUT2D eigenvalue weighted by atomic mass is 35.5. The Bertz CT molecular complexity index is 1130. The molecule has 164 valence electrons. The third kappa shape index (κ3) is 5.41. The number of piperidine rings is 1. The molecule has 0 bridgehead atoms. The molecule has 0 spiro atoms. The second kappa shape index (κ2) is 10.0. The zero-order valence-electron chi connectivity index (χ0n) is 16.7. The molecule has 7 nitrogen and oxygen atoms in total. The number of rotatable bonds is 8. The van der Waals surface area contributed by atoms with Gasteiger partial charge >= 0.3 is 0 Å². The minimum Gasteiger partial charge on any atom is -0.491 e. The van der Waals surface area contributed by atoms with Crippen LogP contribution < -0.4 is 4.74 Å². The van der Waals surface area contributed by atoms with Gasteiger partial charge in [-0.25, -0.2) is 8.42 Å². The summed E-state index contributed by atoms with van der Waals surface area (Å²) in [5.74, 6) is 1.50. The largest absolute Gasteiger partial charge is 0.491 e. The van der Waals surface area contributed by atoms with Crippen LogP contribution in [0.4, 0.5) is 0 Å². The molecule has 10 heteroatoms. The zero-order valence-corrected chi connectivity index (χ0v) is 19.1. The lowest BCUT2D eigenvalue weighted by Crippen LogP contribution is -2.35. The predicted octanol–water partition coefficient (Wildman–Crippen LogP) is 4.74. The zero-order chi connectivity index (χ0) is 21.7. The van der Waals surface area contributed by atoms with E-state index in [9.17, 15) is 8.42 Å². The summed E-state index contributed by atoms with van der Waals surface area (Å²) in [6, 6.07) is 13.9. The molecule has 0 saturated carbocycles. The van der Waals surface area contributed by atoms with Crippen molar-refractivity contribution in [2.45, 2.75) is 29.4 Å². The van der Waals surface area contributed by atoms with E-state index in [0.717, 1.165) is 19.3 Å². The van der Waals surface area contributed by atoms with Crippen molar-refractivity contribution in [2.75, 3.05) is 25.4 Å². The van der Waals surface area contributed by atoms with Gasteiger partial charge in [0.1, 0.15) is 5.75 Å². The van der Waals surface area contributed by atoms with Crippen molar-refractivity contribution < 1.29 is 17.6 Å². The van der Waals surface area contributed by atoms with E-state index in [-0.39, 0.29) is 10.8 Å². The van der Waals surface area contributed by atoms with E-state index in [1.165, 1.54) is 11.8 Å². The lowest BCUT2D eigenvalue weighted by atomic mass is 10.2. The average Bonchev–Trinajstić information content (AvgIpc) is 3.27. The normalized spacial score (nSPS) is 15.1. The summed E-state index contributed by atoms with van der Waals surface area (Å²) in [6.45, 7) is 1.55. The van der Waals surface area contributed by atoms with E-state index < -0.39 is 10.0 Å².